The number of carbonyl (C=O) groups excluding carboxylic acids is 1. The van der Waals surface area contributed by atoms with Gasteiger partial charge in [-0.15, -0.1) is 0 Å². The third kappa shape index (κ3) is 23.0. The number of urea groups is 1. The molecule has 0 aliphatic heterocycles. The number of rotatable bonds is 5. The van der Waals surface area contributed by atoms with Gasteiger partial charge >= 0.3 is 6.03 Å². The maximum absolute atomic E-state index is 10.2. The van der Waals surface area contributed by atoms with Crippen molar-refractivity contribution in [1.82, 2.24) is 5.32 Å². The van der Waals surface area contributed by atoms with Crippen LogP contribution in [0.1, 0.15) is 25.3 Å². The Bertz CT molecular complexity index is 539. The molecule has 22 heavy (non-hydrogen) atoms. The summed E-state index contributed by atoms with van der Waals surface area (Å²) in [6.45, 7) is 3.84. The minimum Gasteiger partial charge on any atom is -0.352 e. The van der Waals surface area contributed by atoms with E-state index in [1.165, 1.54) is 12.5 Å². The second-order valence-electron chi connectivity index (χ2n) is 4.16. The largest absolute Gasteiger partial charge is 0.352 e. The summed E-state index contributed by atoms with van der Waals surface area (Å²) in [5.74, 6) is -0.284. The van der Waals surface area contributed by atoms with Crippen molar-refractivity contribution in [1.29, 1.82) is 5.26 Å². The number of nitriles is 1. The average Bonchev–Trinajstić information content (AvgIpc) is 2.39. The van der Waals surface area contributed by atoms with Crippen LogP contribution in [-0.2, 0) is 10.1 Å². The first-order valence-corrected chi connectivity index (χ1v) is 8.14. The Morgan fingerprint density at radius 1 is 1.32 bits per heavy atom. The van der Waals surface area contributed by atoms with Gasteiger partial charge < -0.3 is 11.1 Å². The van der Waals surface area contributed by atoms with E-state index in [4.69, 9.17) is 15.5 Å². The van der Waals surface area contributed by atoms with Gasteiger partial charge in [-0.25, -0.2) is 4.79 Å². The first kappa shape index (κ1) is 22.2. The molecule has 0 bridgehead atoms. The topological polar surface area (TPSA) is 133 Å². The number of unbranched alkanes of at least 4 members (excludes halogenated alkanes) is 1. The number of hydrogen-bond donors (Lipinski definition) is 3. The summed E-state index contributed by atoms with van der Waals surface area (Å²) in [4.78, 5) is 10.1. The fourth-order valence-electron chi connectivity index (χ4n) is 1.16. The number of aryl methyl sites for hydroxylation is 1. The van der Waals surface area contributed by atoms with Gasteiger partial charge in [-0.1, -0.05) is 35.9 Å². The van der Waals surface area contributed by atoms with Gasteiger partial charge in [0, 0.05) is 13.5 Å². The highest BCUT2D eigenvalue weighted by molar-refractivity contribution is 7.85. The predicted molar refractivity (Wildman–Crippen MR) is 85.7 cm³/mol. The van der Waals surface area contributed by atoms with E-state index in [2.05, 4.69) is 24.4 Å². The van der Waals surface area contributed by atoms with Crippen molar-refractivity contribution in [2.75, 3.05) is 12.3 Å². The molecule has 0 atom stereocenters. The van der Waals surface area contributed by atoms with Crippen molar-refractivity contribution in [3.05, 3.63) is 35.9 Å². The highest BCUT2D eigenvalue weighted by Gasteiger charge is 2.02. The molecule has 0 fully saturated rings. The summed E-state index contributed by atoms with van der Waals surface area (Å²) in [6, 6.07) is 11.4. The lowest BCUT2D eigenvalue weighted by Gasteiger charge is -1.99. The van der Waals surface area contributed by atoms with Gasteiger partial charge in [0.15, 0.2) is 0 Å². The van der Waals surface area contributed by atoms with Crippen LogP contribution in [0.2, 0.25) is 0 Å². The highest BCUT2D eigenvalue weighted by Crippen LogP contribution is 1.92. The van der Waals surface area contributed by atoms with Crippen LogP contribution in [0.25, 0.3) is 0 Å². The zero-order valence-electron chi connectivity index (χ0n) is 12.8. The summed E-state index contributed by atoms with van der Waals surface area (Å²) in [7, 11) is -3.87. The minimum atomic E-state index is -3.87. The molecule has 0 aliphatic rings. The highest BCUT2D eigenvalue weighted by atomic mass is 32.2. The first-order chi connectivity index (χ1) is 10.2. The molecular formula is C14H23N3O4S. The van der Waals surface area contributed by atoms with Crippen molar-refractivity contribution in [2.45, 2.75) is 26.7 Å². The van der Waals surface area contributed by atoms with Crippen molar-refractivity contribution >= 4 is 16.1 Å². The second-order valence-corrected chi connectivity index (χ2v) is 5.73. The molecule has 0 saturated carbocycles. The van der Waals surface area contributed by atoms with Gasteiger partial charge in [0.25, 0.3) is 10.1 Å². The van der Waals surface area contributed by atoms with Crippen LogP contribution in [0.15, 0.2) is 30.3 Å². The molecule has 124 valence electrons. The van der Waals surface area contributed by atoms with Gasteiger partial charge in [-0.2, -0.15) is 13.7 Å². The van der Waals surface area contributed by atoms with E-state index in [0.717, 1.165) is 0 Å². The van der Waals surface area contributed by atoms with Crippen LogP contribution in [0.4, 0.5) is 4.79 Å². The summed E-state index contributed by atoms with van der Waals surface area (Å²) in [6.07, 6.45) is 0.780. The minimum absolute atomic E-state index is 0.284. The Morgan fingerprint density at radius 2 is 1.82 bits per heavy atom. The van der Waals surface area contributed by atoms with E-state index < -0.39 is 16.1 Å². The Hall–Kier alpha value is -2.11. The van der Waals surface area contributed by atoms with Crippen LogP contribution in [0, 0.1) is 18.3 Å². The second kappa shape index (κ2) is 13.9. The van der Waals surface area contributed by atoms with E-state index in [0.29, 0.717) is 19.4 Å². The third-order valence-electron chi connectivity index (χ3n) is 2.07. The van der Waals surface area contributed by atoms with E-state index >= 15 is 0 Å². The van der Waals surface area contributed by atoms with Gasteiger partial charge in [0.2, 0.25) is 0 Å². The average molecular weight is 329 g/mol. The molecule has 7 nitrogen and oxygen atoms in total. The van der Waals surface area contributed by atoms with Crippen molar-refractivity contribution in [3.63, 3.8) is 0 Å². The summed E-state index contributed by atoms with van der Waals surface area (Å²) >= 11 is 0. The molecule has 0 spiro atoms. The van der Waals surface area contributed by atoms with E-state index in [1.807, 2.05) is 18.2 Å². The van der Waals surface area contributed by atoms with Crippen LogP contribution >= 0.6 is 0 Å². The first-order valence-electron chi connectivity index (χ1n) is 6.54. The summed E-state index contributed by atoms with van der Waals surface area (Å²) < 4.78 is 28.6. The Balaban J connectivity index is 0. The molecule has 4 N–H and O–H groups in total. The number of hydrogen-bond acceptors (Lipinski definition) is 4. The van der Waals surface area contributed by atoms with Crippen molar-refractivity contribution in [3.8, 4) is 6.07 Å². The Labute approximate surface area is 131 Å². The molecule has 1 aromatic rings. The molecule has 0 aliphatic carbocycles. The molecule has 0 unspecified atom stereocenters. The quantitative estimate of drug-likeness (QED) is 0.560. The molecule has 0 saturated heterocycles. The van der Waals surface area contributed by atoms with Gasteiger partial charge in [-0.3, -0.25) is 4.55 Å². The predicted octanol–water partition coefficient (Wildman–Crippen LogP) is 1.85. The smallest absolute Gasteiger partial charge is 0.312 e. The maximum Gasteiger partial charge on any atom is 0.312 e. The number of amides is 2. The number of benzene rings is 1. The lowest BCUT2D eigenvalue weighted by molar-refractivity contribution is 0.249. The van der Waals surface area contributed by atoms with Gasteiger partial charge in [0.05, 0.1) is 11.8 Å². The fourth-order valence-corrected chi connectivity index (χ4v) is 1.72. The van der Waals surface area contributed by atoms with Gasteiger partial charge in [-0.05, 0) is 19.8 Å². The standard InChI is InChI=1S/C7H8.C5H12N2O4S.C2H3N/c1-7-5-3-2-4-6-7;6-5(8)7-3-1-2-4-12(9,10)11;1-2-3/h2-6H,1H3;1-4H2,(H3,6,7,8)(H,9,10,11);1H3. The Kier molecular flexibility index (Phi) is 14.0. The molecule has 0 radical (unpaired) electrons. The van der Waals surface area contributed by atoms with Crippen LogP contribution < -0.4 is 11.1 Å². The van der Waals surface area contributed by atoms with Crippen molar-refractivity contribution in [2.24, 2.45) is 5.73 Å². The number of nitrogens with zero attached hydrogens (tertiary/aromatic N) is 1. The molecule has 2 amide bonds. The lowest BCUT2D eigenvalue weighted by atomic mass is 10.2. The van der Waals surface area contributed by atoms with Crippen LogP contribution in [0.3, 0.4) is 0 Å². The number of nitrogens with two attached hydrogens (primary N) is 1. The molecule has 1 aromatic carbocycles. The molecule has 1 rings (SSSR count). The summed E-state index contributed by atoms with van der Waals surface area (Å²) in [5, 5.41) is 9.61. The van der Waals surface area contributed by atoms with Crippen LogP contribution in [-0.4, -0.2) is 31.3 Å². The third-order valence-corrected chi connectivity index (χ3v) is 2.87. The monoisotopic (exact) mass is 329 g/mol. The molecule has 0 aromatic heterocycles. The van der Waals surface area contributed by atoms with E-state index in [1.54, 1.807) is 6.07 Å². The number of primary amides is 1. The van der Waals surface area contributed by atoms with Crippen molar-refractivity contribution < 1.29 is 17.8 Å². The fraction of sp³-hybridized carbons (Fsp3) is 0.429. The lowest BCUT2D eigenvalue weighted by Crippen LogP contribution is -2.30. The zero-order valence-corrected chi connectivity index (χ0v) is 13.6. The van der Waals surface area contributed by atoms with Gasteiger partial charge in [0.1, 0.15) is 0 Å². The molecular weight excluding hydrogens is 306 g/mol. The van der Waals surface area contributed by atoms with Crippen LogP contribution in [0.5, 0.6) is 0 Å². The summed E-state index contributed by atoms with van der Waals surface area (Å²) in [5.41, 5.74) is 6.06. The Morgan fingerprint density at radius 3 is 2.14 bits per heavy atom. The SMILES string of the molecule is CC#N.Cc1ccccc1.NC(=O)NCCCCS(=O)(=O)O. The zero-order chi connectivity index (χ0) is 17.4. The number of nitrogens with one attached hydrogen (secondary N) is 1. The maximum atomic E-state index is 10.2. The van der Waals surface area contributed by atoms with E-state index in [-0.39, 0.29) is 5.75 Å². The molecule has 8 heteroatoms. The number of carbonyl (C=O) groups is 1. The normalized spacial score (nSPS) is 9.18. The van der Waals surface area contributed by atoms with E-state index in [9.17, 15) is 13.2 Å². The molecule has 0 heterocycles.